The van der Waals surface area contributed by atoms with Crippen molar-refractivity contribution in [1.29, 1.82) is 0 Å². The lowest BCUT2D eigenvalue weighted by Crippen LogP contribution is -2.34. The summed E-state index contributed by atoms with van der Waals surface area (Å²) in [4.78, 5) is 37.9. The van der Waals surface area contributed by atoms with Crippen molar-refractivity contribution in [3.63, 3.8) is 0 Å². The molecule has 1 saturated heterocycles. The van der Waals surface area contributed by atoms with Gasteiger partial charge in [0.2, 0.25) is 5.91 Å². The molecule has 3 aromatic rings. The first-order valence-electron chi connectivity index (χ1n) is 11.4. The normalized spacial score (nSPS) is 16.6. The molecule has 0 spiro atoms. The molecule has 180 valence electrons. The minimum atomic E-state index is -0.367. The SMILES string of the molecule is Cc1c(CC(=O)N(C)C)ccc(NC(=O)c2nn(C3CCCN(C)C3)c3ncnc(N)c23)c1C. The summed E-state index contributed by atoms with van der Waals surface area (Å²) in [5.41, 5.74) is 10.4. The fourth-order valence-electron chi connectivity index (χ4n) is 4.45. The first kappa shape index (κ1) is 23.6. The molecule has 3 N–H and O–H groups in total. The number of aromatic nitrogens is 4. The van der Waals surface area contributed by atoms with Gasteiger partial charge in [-0.3, -0.25) is 9.59 Å². The van der Waals surface area contributed by atoms with Gasteiger partial charge in [0.15, 0.2) is 11.3 Å². The van der Waals surface area contributed by atoms with E-state index in [0.29, 0.717) is 23.1 Å². The monoisotopic (exact) mass is 464 g/mol. The van der Waals surface area contributed by atoms with E-state index in [9.17, 15) is 9.59 Å². The average Bonchev–Trinajstić information content (AvgIpc) is 3.20. The van der Waals surface area contributed by atoms with Gasteiger partial charge in [0.25, 0.3) is 5.91 Å². The first-order valence-corrected chi connectivity index (χ1v) is 11.4. The number of hydrogen-bond acceptors (Lipinski definition) is 7. The summed E-state index contributed by atoms with van der Waals surface area (Å²) in [7, 11) is 5.56. The molecule has 1 aromatic carbocycles. The molecule has 0 aliphatic carbocycles. The summed E-state index contributed by atoms with van der Waals surface area (Å²) in [6.07, 6.45) is 3.72. The lowest BCUT2D eigenvalue weighted by atomic mass is 9.98. The van der Waals surface area contributed by atoms with Crippen molar-refractivity contribution >= 4 is 34.4 Å². The molecule has 34 heavy (non-hydrogen) atoms. The predicted molar refractivity (Wildman–Crippen MR) is 132 cm³/mol. The van der Waals surface area contributed by atoms with Gasteiger partial charge in [-0.2, -0.15) is 5.10 Å². The minimum absolute atomic E-state index is 0.0279. The standard InChI is InChI=1S/C24H32N8O2/c1-14-15(2)18(9-8-16(14)11-19(33)30(3)4)28-24(34)21-20-22(25)26-13-27-23(20)32(29-21)17-7-6-10-31(5)12-17/h8-9,13,17H,6-7,10-12H2,1-5H3,(H,28,34)(H2,25,26,27). The molecule has 4 rings (SSSR count). The second kappa shape index (κ2) is 9.38. The van der Waals surface area contributed by atoms with Gasteiger partial charge < -0.3 is 20.9 Å². The molecular formula is C24H32N8O2. The Balaban J connectivity index is 1.66. The zero-order valence-electron chi connectivity index (χ0n) is 20.4. The molecule has 0 bridgehead atoms. The zero-order valence-corrected chi connectivity index (χ0v) is 20.4. The third-order valence-electron chi connectivity index (χ3n) is 6.67. The number of carbonyl (C=O) groups is 2. The number of amides is 2. The number of fused-ring (bicyclic) bond motifs is 1. The van der Waals surface area contributed by atoms with Crippen LogP contribution in [-0.4, -0.2) is 75.6 Å². The zero-order chi connectivity index (χ0) is 24.6. The highest BCUT2D eigenvalue weighted by atomic mass is 16.2. The number of carbonyl (C=O) groups excluding carboxylic acids is 2. The predicted octanol–water partition coefficient (Wildman–Crippen LogP) is 2.18. The van der Waals surface area contributed by atoms with Crippen molar-refractivity contribution < 1.29 is 9.59 Å². The Morgan fingerprint density at radius 3 is 2.68 bits per heavy atom. The van der Waals surface area contributed by atoms with Gasteiger partial charge in [-0.05, 0) is 63.0 Å². The molecule has 2 aromatic heterocycles. The van der Waals surface area contributed by atoms with Gasteiger partial charge in [0, 0.05) is 26.3 Å². The van der Waals surface area contributed by atoms with E-state index in [0.717, 1.165) is 42.6 Å². The van der Waals surface area contributed by atoms with Gasteiger partial charge in [-0.25, -0.2) is 14.6 Å². The highest BCUT2D eigenvalue weighted by Gasteiger charge is 2.27. The van der Waals surface area contributed by atoms with Crippen molar-refractivity contribution in [3.8, 4) is 0 Å². The van der Waals surface area contributed by atoms with Crippen LogP contribution in [0.5, 0.6) is 0 Å². The van der Waals surface area contributed by atoms with Crippen LogP contribution in [0.2, 0.25) is 0 Å². The molecule has 1 aliphatic heterocycles. The van der Waals surface area contributed by atoms with E-state index >= 15 is 0 Å². The first-order chi connectivity index (χ1) is 16.2. The van der Waals surface area contributed by atoms with Crippen LogP contribution in [-0.2, 0) is 11.2 Å². The number of rotatable bonds is 5. The lowest BCUT2D eigenvalue weighted by Gasteiger charge is -2.29. The van der Waals surface area contributed by atoms with Crippen molar-refractivity contribution in [3.05, 3.63) is 40.8 Å². The molecule has 10 nitrogen and oxygen atoms in total. The van der Waals surface area contributed by atoms with Gasteiger partial charge >= 0.3 is 0 Å². The fraction of sp³-hybridized carbons (Fsp3) is 0.458. The van der Waals surface area contributed by atoms with E-state index in [2.05, 4.69) is 32.3 Å². The highest BCUT2D eigenvalue weighted by Crippen LogP contribution is 2.29. The molecule has 1 unspecified atom stereocenters. The Morgan fingerprint density at radius 1 is 1.21 bits per heavy atom. The molecule has 3 heterocycles. The van der Waals surface area contributed by atoms with E-state index in [4.69, 9.17) is 5.73 Å². The van der Waals surface area contributed by atoms with Crippen LogP contribution in [0.4, 0.5) is 11.5 Å². The molecule has 0 saturated carbocycles. The van der Waals surface area contributed by atoms with Crippen molar-refractivity contribution in [1.82, 2.24) is 29.5 Å². The van der Waals surface area contributed by atoms with Crippen LogP contribution >= 0.6 is 0 Å². The Bertz CT molecular complexity index is 1250. The summed E-state index contributed by atoms with van der Waals surface area (Å²) >= 11 is 0. The van der Waals surface area contributed by atoms with Crippen LogP contribution in [0.25, 0.3) is 11.0 Å². The fourth-order valence-corrected chi connectivity index (χ4v) is 4.45. The van der Waals surface area contributed by atoms with Gasteiger partial charge in [0.05, 0.1) is 17.8 Å². The molecule has 1 atom stereocenters. The number of nitrogen functional groups attached to an aromatic ring is 1. The van der Waals surface area contributed by atoms with Gasteiger partial charge in [-0.1, -0.05) is 6.07 Å². The largest absolute Gasteiger partial charge is 0.383 e. The summed E-state index contributed by atoms with van der Waals surface area (Å²) in [5, 5.41) is 8.13. The van der Waals surface area contributed by atoms with E-state index in [1.165, 1.54) is 6.33 Å². The van der Waals surface area contributed by atoms with Gasteiger partial charge in [0.1, 0.15) is 12.1 Å². The van der Waals surface area contributed by atoms with E-state index in [1.54, 1.807) is 19.0 Å². The molecule has 1 fully saturated rings. The summed E-state index contributed by atoms with van der Waals surface area (Å²) < 4.78 is 1.83. The van der Waals surface area contributed by atoms with Crippen LogP contribution in [0, 0.1) is 13.8 Å². The third-order valence-corrected chi connectivity index (χ3v) is 6.67. The number of nitrogens with two attached hydrogens (primary N) is 1. The summed E-state index contributed by atoms with van der Waals surface area (Å²) in [6, 6.07) is 3.81. The lowest BCUT2D eigenvalue weighted by molar-refractivity contribution is -0.127. The van der Waals surface area contributed by atoms with Crippen LogP contribution in [0.1, 0.15) is 46.1 Å². The van der Waals surface area contributed by atoms with Crippen LogP contribution in [0.15, 0.2) is 18.5 Å². The second-order valence-corrected chi connectivity index (χ2v) is 9.25. The maximum absolute atomic E-state index is 13.4. The van der Waals surface area contributed by atoms with Crippen molar-refractivity contribution in [2.45, 2.75) is 39.2 Å². The quantitative estimate of drug-likeness (QED) is 0.593. The number of nitrogens with zero attached hydrogens (tertiary/aromatic N) is 6. The number of likely N-dealkylation sites (N-methyl/N-ethyl adjacent to an activating group) is 2. The summed E-state index contributed by atoms with van der Waals surface area (Å²) in [5.74, 6) is -0.106. The number of anilines is 2. The van der Waals surface area contributed by atoms with Crippen LogP contribution < -0.4 is 11.1 Å². The number of hydrogen-bond donors (Lipinski definition) is 2. The van der Waals surface area contributed by atoms with Crippen molar-refractivity contribution in [2.24, 2.45) is 0 Å². The minimum Gasteiger partial charge on any atom is -0.383 e. The Morgan fingerprint density at radius 2 is 1.97 bits per heavy atom. The third kappa shape index (κ3) is 4.45. The molecular weight excluding hydrogens is 432 g/mol. The number of piperidine rings is 1. The van der Waals surface area contributed by atoms with Gasteiger partial charge in [-0.15, -0.1) is 0 Å². The summed E-state index contributed by atoms with van der Waals surface area (Å²) in [6.45, 7) is 5.75. The van der Waals surface area contributed by atoms with Crippen molar-refractivity contribution in [2.75, 3.05) is 45.3 Å². The Kier molecular flexibility index (Phi) is 6.52. The maximum atomic E-state index is 13.4. The highest BCUT2D eigenvalue weighted by molar-refractivity contribution is 6.13. The van der Waals surface area contributed by atoms with E-state index < -0.39 is 0 Å². The molecule has 2 amide bonds. The van der Waals surface area contributed by atoms with Crippen LogP contribution in [0.3, 0.4) is 0 Å². The number of likely N-dealkylation sites (tertiary alicyclic amines) is 1. The molecule has 1 aliphatic rings. The Hall–Kier alpha value is -3.53. The Labute approximate surface area is 199 Å². The number of benzene rings is 1. The molecule has 10 heteroatoms. The van der Waals surface area contributed by atoms with E-state index in [1.807, 2.05) is 30.7 Å². The second-order valence-electron chi connectivity index (χ2n) is 9.25. The maximum Gasteiger partial charge on any atom is 0.277 e. The average molecular weight is 465 g/mol. The topological polar surface area (TPSA) is 122 Å². The smallest absolute Gasteiger partial charge is 0.277 e. The van der Waals surface area contributed by atoms with E-state index in [-0.39, 0.29) is 29.4 Å². The number of nitrogens with one attached hydrogen (secondary N) is 1. The molecule has 0 radical (unpaired) electrons.